The highest BCUT2D eigenvalue weighted by Gasteiger charge is 2.04. The van der Waals surface area contributed by atoms with Gasteiger partial charge in [-0.3, -0.25) is 0 Å². The molecular weight excluding hydrogens is 214 g/mol. The minimum absolute atomic E-state index is 0.253. The fraction of sp³-hybridized carbons (Fsp3) is 0.143. The van der Waals surface area contributed by atoms with Crippen LogP contribution in [0.3, 0.4) is 0 Å². The molecule has 0 fully saturated rings. The predicted molar refractivity (Wildman–Crippen MR) is 68.5 cm³/mol. The van der Waals surface area contributed by atoms with Crippen LogP contribution in [0.15, 0.2) is 41.6 Å². The standard InChI is InChI=1S/C14H13NO2/c1-9-3-5-11(7-13(9)15-17)12-6-4-10(2)14(16)8-12/h3-8,16H,1-2H3. The molecule has 2 aromatic rings. The van der Waals surface area contributed by atoms with Gasteiger partial charge in [0.25, 0.3) is 0 Å². The van der Waals surface area contributed by atoms with Crippen molar-refractivity contribution >= 4 is 5.69 Å². The van der Waals surface area contributed by atoms with Crippen LogP contribution < -0.4 is 0 Å². The van der Waals surface area contributed by atoms with Crippen molar-refractivity contribution in [2.45, 2.75) is 13.8 Å². The zero-order chi connectivity index (χ0) is 12.4. The molecule has 0 bridgehead atoms. The Hall–Kier alpha value is -2.16. The smallest absolute Gasteiger partial charge is 0.119 e. The molecule has 0 atom stereocenters. The molecule has 2 aromatic carbocycles. The quantitative estimate of drug-likeness (QED) is 0.786. The summed E-state index contributed by atoms with van der Waals surface area (Å²) in [6.07, 6.45) is 0. The highest BCUT2D eigenvalue weighted by molar-refractivity contribution is 5.70. The van der Waals surface area contributed by atoms with Crippen molar-refractivity contribution in [3.8, 4) is 16.9 Å². The van der Waals surface area contributed by atoms with Crippen LogP contribution in [-0.2, 0) is 0 Å². The lowest BCUT2D eigenvalue weighted by molar-refractivity contribution is 0.471. The van der Waals surface area contributed by atoms with Gasteiger partial charge in [0.2, 0.25) is 0 Å². The second-order valence-corrected chi connectivity index (χ2v) is 4.09. The Labute approximate surface area is 99.7 Å². The molecule has 1 N–H and O–H groups in total. The predicted octanol–water partition coefficient (Wildman–Crippen LogP) is 4.07. The first-order valence-corrected chi connectivity index (χ1v) is 5.36. The Morgan fingerprint density at radius 3 is 2.12 bits per heavy atom. The third kappa shape index (κ3) is 2.18. The van der Waals surface area contributed by atoms with E-state index >= 15 is 0 Å². The van der Waals surface area contributed by atoms with Crippen LogP contribution in [0.25, 0.3) is 11.1 Å². The summed E-state index contributed by atoms with van der Waals surface area (Å²) in [5.74, 6) is 0.253. The number of rotatable bonds is 2. The molecule has 0 unspecified atom stereocenters. The molecule has 0 aromatic heterocycles. The molecule has 0 aliphatic carbocycles. The Morgan fingerprint density at radius 1 is 0.941 bits per heavy atom. The van der Waals surface area contributed by atoms with Crippen LogP contribution in [0.2, 0.25) is 0 Å². The molecular formula is C14H13NO2. The van der Waals surface area contributed by atoms with E-state index in [-0.39, 0.29) is 5.75 Å². The van der Waals surface area contributed by atoms with Crippen LogP contribution in [0.1, 0.15) is 11.1 Å². The van der Waals surface area contributed by atoms with Gasteiger partial charge in [-0.2, -0.15) is 0 Å². The molecule has 0 saturated heterocycles. The molecule has 0 aliphatic rings. The normalized spacial score (nSPS) is 10.2. The summed E-state index contributed by atoms with van der Waals surface area (Å²) in [6.45, 7) is 3.68. The molecule has 0 amide bonds. The van der Waals surface area contributed by atoms with Crippen molar-refractivity contribution in [2.24, 2.45) is 5.18 Å². The van der Waals surface area contributed by atoms with E-state index in [4.69, 9.17) is 0 Å². The molecule has 86 valence electrons. The van der Waals surface area contributed by atoms with Gasteiger partial charge in [-0.25, -0.2) is 0 Å². The minimum Gasteiger partial charge on any atom is -0.508 e. The molecule has 2 rings (SSSR count). The monoisotopic (exact) mass is 227 g/mol. The number of hydrogen-bond donors (Lipinski definition) is 1. The van der Waals surface area contributed by atoms with Crippen molar-refractivity contribution in [2.75, 3.05) is 0 Å². The topological polar surface area (TPSA) is 49.7 Å². The number of nitroso groups, excluding NO2 is 1. The Morgan fingerprint density at radius 2 is 1.53 bits per heavy atom. The Balaban J connectivity index is 2.52. The number of benzene rings is 2. The van der Waals surface area contributed by atoms with Gasteiger partial charge in [0.1, 0.15) is 11.4 Å². The molecule has 17 heavy (non-hydrogen) atoms. The summed E-state index contributed by atoms with van der Waals surface area (Å²) in [7, 11) is 0. The molecule has 0 spiro atoms. The highest BCUT2D eigenvalue weighted by atomic mass is 16.3. The molecule has 0 radical (unpaired) electrons. The van der Waals surface area contributed by atoms with Gasteiger partial charge in [0.15, 0.2) is 0 Å². The fourth-order valence-corrected chi connectivity index (χ4v) is 1.68. The third-order valence-corrected chi connectivity index (χ3v) is 2.85. The average molecular weight is 227 g/mol. The van der Waals surface area contributed by atoms with Gasteiger partial charge in [-0.05, 0) is 53.4 Å². The zero-order valence-corrected chi connectivity index (χ0v) is 9.77. The largest absolute Gasteiger partial charge is 0.508 e. The van der Waals surface area contributed by atoms with Crippen molar-refractivity contribution in [1.82, 2.24) is 0 Å². The van der Waals surface area contributed by atoms with Crippen molar-refractivity contribution in [1.29, 1.82) is 0 Å². The average Bonchev–Trinajstić information content (AvgIpc) is 2.33. The van der Waals surface area contributed by atoms with Crippen molar-refractivity contribution in [3.63, 3.8) is 0 Å². The van der Waals surface area contributed by atoms with Crippen LogP contribution in [-0.4, -0.2) is 5.11 Å². The molecule has 0 saturated carbocycles. The number of aromatic hydroxyl groups is 1. The van der Waals surface area contributed by atoms with E-state index in [2.05, 4.69) is 5.18 Å². The summed E-state index contributed by atoms with van der Waals surface area (Å²) >= 11 is 0. The lowest BCUT2D eigenvalue weighted by Gasteiger charge is -2.06. The van der Waals surface area contributed by atoms with E-state index in [1.807, 2.05) is 38.1 Å². The van der Waals surface area contributed by atoms with Gasteiger partial charge in [0.05, 0.1) is 0 Å². The number of phenolic OH excluding ortho intramolecular Hbond substituents is 1. The van der Waals surface area contributed by atoms with Crippen LogP contribution in [0, 0.1) is 18.8 Å². The summed E-state index contributed by atoms with van der Waals surface area (Å²) in [5, 5.41) is 12.6. The summed E-state index contributed by atoms with van der Waals surface area (Å²) in [6, 6.07) is 10.9. The third-order valence-electron chi connectivity index (χ3n) is 2.85. The summed E-state index contributed by atoms with van der Waals surface area (Å²) in [5.41, 5.74) is 3.86. The second kappa shape index (κ2) is 4.37. The van der Waals surface area contributed by atoms with Crippen LogP contribution in [0.4, 0.5) is 5.69 Å². The molecule has 0 heterocycles. The lowest BCUT2D eigenvalue weighted by atomic mass is 10.0. The fourth-order valence-electron chi connectivity index (χ4n) is 1.68. The van der Waals surface area contributed by atoms with E-state index in [0.29, 0.717) is 5.69 Å². The van der Waals surface area contributed by atoms with E-state index in [1.54, 1.807) is 12.1 Å². The highest BCUT2D eigenvalue weighted by Crippen LogP contribution is 2.30. The lowest BCUT2D eigenvalue weighted by Crippen LogP contribution is -1.81. The number of aryl methyl sites for hydroxylation is 2. The Bertz CT molecular complexity index is 576. The van der Waals surface area contributed by atoms with Crippen LogP contribution in [0.5, 0.6) is 5.75 Å². The van der Waals surface area contributed by atoms with E-state index in [0.717, 1.165) is 22.3 Å². The number of nitrogens with zero attached hydrogens (tertiary/aromatic N) is 1. The zero-order valence-electron chi connectivity index (χ0n) is 9.77. The molecule has 3 heteroatoms. The number of hydrogen-bond acceptors (Lipinski definition) is 3. The first-order valence-electron chi connectivity index (χ1n) is 5.36. The van der Waals surface area contributed by atoms with E-state index < -0.39 is 0 Å². The van der Waals surface area contributed by atoms with Gasteiger partial charge in [-0.15, -0.1) is 4.91 Å². The maximum atomic E-state index is 10.6. The number of phenols is 1. The van der Waals surface area contributed by atoms with Gasteiger partial charge < -0.3 is 5.11 Å². The Kier molecular flexibility index (Phi) is 2.91. The maximum absolute atomic E-state index is 10.6. The van der Waals surface area contributed by atoms with Crippen molar-refractivity contribution < 1.29 is 5.11 Å². The first kappa shape index (κ1) is 11.3. The SMILES string of the molecule is Cc1ccc(-c2ccc(C)c(N=O)c2)cc1O. The molecule has 0 aliphatic heterocycles. The van der Waals surface area contributed by atoms with Gasteiger partial charge in [0, 0.05) is 0 Å². The van der Waals surface area contributed by atoms with Crippen LogP contribution >= 0.6 is 0 Å². The van der Waals surface area contributed by atoms with Gasteiger partial charge in [-0.1, -0.05) is 24.3 Å². The summed E-state index contributed by atoms with van der Waals surface area (Å²) in [4.78, 5) is 10.6. The van der Waals surface area contributed by atoms with Gasteiger partial charge >= 0.3 is 0 Å². The van der Waals surface area contributed by atoms with Crippen molar-refractivity contribution in [3.05, 3.63) is 52.4 Å². The molecule has 3 nitrogen and oxygen atoms in total. The first-order chi connectivity index (χ1) is 8.11. The second-order valence-electron chi connectivity index (χ2n) is 4.09. The maximum Gasteiger partial charge on any atom is 0.119 e. The van der Waals surface area contributed by atoms with E-state index in [9.17, 15) is 10.0 Å². The summed E-state index contributed by atoms with van der Waals surface area (Å²) < 4.78 is 0. The van der Waals surface area contributed by atoms with E-state index in [1.165, 1.54) is 0 Å². The minimum atomic E-state index is 0.253.